The van der Waals surface area contributed by atoms with Crippen LogP contribution in [0.2, 0.25) is 0 Å². The van der Waals surface area contributed by atoms with E-state index in [-0.39, 0.29) is 18.4 Å². The van der Waals surface area contributed by atoms with Crippen molar-refractivity contribution in [3.63, 3.8) is 0 Å². The van der Waals surface area contributed by atoms with Crippen molar-refractivity contribution in [2.24, 2.45) is 10.9 Å². The fourth-order valence-corrected chi connectivity index (χ4v) is 6.60. The molecule has 3 aromatic heterocycles. The van der Waals surface area contributed by atoms with Crippen molar-refractivity contribution in [2.45, 2.75) is 13.1 Å². The van der Waals surface area contributed by atoms with Gasteiger partial charge in [-0.2, -0.15) is 0 Å². The number of guanidine groups is 1. The lowest BCUT2D eigenvalue weighted by atomic mass is 10.0. The molecule has 2 aliphatic heterocycles. The van der Waals surface area contributed by atoms with Crippen molar-refractivity contribution >= 4 is 66.4 Å². The number of para-hydroxylation sites is 1. The molecule has 0 saturated heterocycles. The highest BCUT2D eigenvalue weighted by Crippen LogP contribution is 2.48. The Morgan fingerprint density at radius 1 is 0.974 bits per heavy atom. The molecule has 0 radical (unpaired) electrons. The standard InChI is InChI=1S/C30H28N6O2/c37-16-18-14-35-22-6-2-1-5-19(22)24-21-13-34-29(38)26(21)25-20-12-17(4-3-9-31-30-32-10-11-33-30)7-8-23(20)36(15-18)28(25)27(24)35/h1-8,12-13,18,34,37-38H,9-11,14-16H2,(H2,31,32,33)/b4-3+. The third-order valence-electron chi connectivity index (χ3n) is 8.17. The summed E-state index contributed by atoms with van der Waals surface area (Å²) >= 11 is 0. The fraction of sp³-hybridized carbons (Fsp3) is 0.233. The van der Waals surface area contributed by atoms with Crippen LogP contribution in [0.25, 0.3) is 60.5 Å². The van der Waals surface area contributed by atoms with E-state index in [1.165, 1.54) is 10.9 Å². The first-order chi connectivity index (χ1) is 18.7. The quantitative estimate of drug-likeness (QED) is 0.247. The number of aliphatic hydroxyl groups excluding tert-OH is 1. The van der Waals surface area contributed by atoms with E-state index in [4.69, 9.17) is 0 Å². The molecule has 6 aromatic rings. The summed E-state index contributed by atoms with van der Waals surface area (Å²) in [6.45, 7) is 3.96. The summed E-state index contributed by atoms with van der Waals surface area (Å²) in [7, 11) is 0. The van der Waals surface area contributed by atoms with Gasteiger partial charge in [0.15, 0.2) is 11.8 Å². The van der Waals surface area contributed by atoms with E-state index in [1.807, 2.05) is 6.20 Å². The minimum absolute atomic E-state index is 0.0764. The van der Waals surface area contributed by atoms with E-state index in [0.29, 0.717) is 13.1 Å². The van der Waals surface area contributed by atoms with E-state index < -0.39 is 0 Å². The molecule has 0 spiro atoms. The van der Waals surface area contributed by atoms with E-state index in [2.05, 4.69) is 84.4 Å². The van der Waals surface area contributed by atoms with Crippen LogP contribution in [0.3, 0.4) is 0 Å². The largest absolute Gasteiger partial charge is 0.494 e. The van der Waals surface area contributed by atoms with E-state index >= 15 is 0 Å². The Bertz CT molecular complexity index is 1970. The smallest absolute Gasteiger partial charge is 0.197 e. The number of benzene rings is 3. The Labute approximate surface area is 217 Å². The highest BCUT2D eigenvalue weighted by atomic mass is 16.3. The van der Waals surface area contributed by atoms with E-state index in [9.17, 15) is 10.2 Å². The van der Waals surface area contributed by atoms with Crippen LogP contribution in [-0.2, 0) is 13.1 Å². The molecule has 5 heterocycles. The van der Waals surface area contributed by atoms with Gasteiger partial charge < -0.3 is 35.0 Å². The first kappa shape index (κ1) is 21.6. The second-order valence-electron chi connectivity index (χ2n) is 10.4. The molecule has 0 fully saturated rings. The van der Waals surface area contributed by atoms with Crippen molar-refractivity contribution in [2.75, 3.05) is 26.2 Å². The normalized spacial score (nSPS) is 17.5. The van der Waals surface area contributed by atoms with Crippen LogP contribution < -0.4 is 10.6 Å². The van der Waals surface area contributed by atoms with Crippen molar-refractivity contribution in [3.8, 4) is 5.88 Å². The number of fused-ring (bicyclic) bond motifs is 9. The third kappa shape index (κ3) is 2.92. The van der Waals surface area contributed by atoms with Crippen LogP contribution in [0.1, 0.15) is 5.56 Å². The summed E-state index contributed by atoms with van der Waals surface area (Å²) in [6.07, 6.45) is 6.16. The lowest BCUT2D eigenvalue weighted by Crippen LogP contribution is -2.33. The lowest BCUT2D eigenvalue weighted by Gasteiger charge is -2.15. The highest BCUT2D eigenvalue weighted by Gasteiger charge is 2.29. The number of hydrogen-bond acceptors (Lipinski definition) is 5. The first-order valence-corrected chi connectivity index (χ1v) is 13.2. The number of aliphatic hydroxyl groups is 1. The van der Waals surface area contributed by atoms with Crippen LogP contribution in [0.15, 0.2) is 59.7 Å². The predicted molar refractivity (Wildman–Crippen MR) is 154 cm³/mol. The number of aliphatic imine (C=N–C) groups is 1. The Kier molecular flexibility index (Phi) is 4.57. The number of nitrogens with one attached hydrogen (secondary N) is 3. The molecule has 8 rings (SSSR count). The summed E-state index contributed by atoms with van der Waals surface area (Å²) in [5.41, 5.74) is 5.67. The second kappa shape index (κ2) is 8.03. The molecule has 0 amide bonds. The third-order valence-corrected chi connectivity index (χ3v) is 8.17. The molecular weight excluding hydrogens is 476 g/mol. The van der Waals surface area contributed by atoms with Crippen LogP contribution in [0.5, 0.6) is 5.88 Å². The molecule has 0 aliphatic carbocycles. The van der Waals surface area contributed by atoms with Gasteiger partial charge in [0.2, 0.25) is 0 Å². The highest BCUT2D eigenvalue weighted by molar-refractivity contribution is 6.36. The van der Waals surface area contributed by atoms with Gasteiger partial charge in [0.25, 0.3) is 0 Å². The van der Waals surface area contributed by atoms with Crippen LogP contribution >= 0.6 is 0 Å². The second-order valence-corrected chi connectivity index (χ2v) is 10.4. The molecule has 8 heteroatoms. The number of aromatic hydroxyl groups is 1. The molecule has 38 heavy (non-hydrogen) atoms. The SMILES string of the molecule is OCC1Cn2c3ccccc3c3c4c[nH]c(O)c4c4c5cc(/C=C/CNC6=NCCN6)ccc5n(c4c32)C1. The molecule has 0 saturated carbocycles. The minimum Gasteiger partial charge on any atom is -0.494 e. The van der Waals surface area contributed by atoms with Gasteiger partial charge in [-0.1, -0.05) is 36.4 Å². The van der Waals surface area contributed by atoms with Gasteiger partial charge in [0.05, 0.1) is 23.0 Å². The predicted octanol–water partition coefficient (Wildman–Crippen LogP) is 4.27. The van der Waals surface area contributed by atoms with E-state index in [0.717, 1.165) is 74.6 Å². The van der Waals surface area contributed by atoms with Gasteiger partial charge in [-0.25, -0.2) is 0 Å². The average molecular weight is 505 g/mol. The maximum atomic E-state index is 11.1. The summed E-state index contributed by atoms with van der Waals surface area (Å²) in [6, 6.07) is 15.0. The summed E-state index contributed by atoms with van der Waals surface area (Å²) in [5.74, 6) is 1.12. The lowest BCUT2D eigenvalue weighted by molar-refractivity contribution is 0.201. The number of hydrogen-bond donors (Lipinski definition) is 5. The van der Waals surface area contributed by atoms with Crippen LogP contribution in [-0.4, -0.2) is 56.5 Å². The number of H-pyrrole nitrogens is 1. The summed E-state index contributed by atoms with van der Waals surface area (Å²) in [5, 5.41) is 34.4. The van der Waals surface area contributed by atoms with Crippen LogP contribution in [0.4, 0.5) is 0 Å². The molecule has 5 N–H and O–H groups in total. The molecule has 2 aliphatic rings. The number of rotatable bonds is 4. The zero-order valence-electron chi connectivity index (χ0n) is 20.8. The Morgan fingerprint density at radius 2 is 1.79 bits per heavy atom. The van der Waals surface area contributed by atoms with Crippen molar-refractivity contribution in [1.82, 2.24) is 24.8 Å². The summed E-state index contributed by atoms with van der Waals surface area (Å²) in [4.78, 5) is 7.48. The van der Waals surface area contributed by atoms with Gasteiger partial charge in [-0.3, -0.25) is 4.99 Å². The molecule has 0 bridgehead atoms. The topological polar surface area (TPSA) is 103 Å². The van der Waals surface area contributed by atoms with Crippen molar-refractivity contribution < 1.29 is 10.2 Å². The fourth-order valence-electron chi connectivity index (χ4n) is 6.60. The molecule has 1 unspecified atom stereocenters. The molecule has 1 atom stereocenters. The minimum atomic E-state index is 0.0764. The average Bonchev–Trinajstić information content (AvgIpc) is 3.70. The van der Waals surface area contributed by atoms with Crippen molar-refractivity contribution in [3.05, 3.63) is 60.3 Å². The Hall–Kier alpha value is -4.43. The zero-order chi connectivity index (χ0) is 25.4. The number of aromatic nitrogens is 3. The number of aromatic amines is 1. The maximum absolute atomic E-state index is 11.1. The molecule has 8 nitrogen and oxygen atoms in total. The Morgan fingerprint density at radius 3 is 2.61 bits per heavy atom. The Balaban J connectivity index is 1.42. The monoisotopic (exact) mass is 504 g/mol. The van der Waals surface area contributed by atoms with Gasteiger partial charge >= 0.3 is 0 Å². The number of nitrogens with zero attached hydrogens (tertiary/aromatic N) is 3. The molecular formula is C30H28N6O2. The maximum Gasteiger partial charge on any atom is 0.197 e. The zero-order valence-corrected chi connectivity index (χ0v) is 20.8. The van der Waals surface area contributed by atoms with E-state index in [1.54, 1.807) is 0 Å². The van der Waals surface area contributed by atoms with Gasteiger partial charge in [0.1, 0.15) is 0 Å². The summed E-state index contributed by atoms with van der Waals surface area (Å²) < 4.78 is 4.74. The molecule has 3 aromatic carbocycles. The van der Waals surface area contributed by atoms with Gasteiger partial charge in [0, 0.05) is 82.9 Å². The van der Waals surface area contributed by atoms with Crippen LogP contribution in [0, 0.1) is 5.92 Å². The first-order valence-electron chi connectivity index (χ1n) is 13.2. The van der Waals surface area contributed by atoms with Crippen molar-refractivity contribution in [1.29, 1.82) is 0 Å². The van der Waals surface area contributed by atoms with Gasteiger partial charge in [-0.15, -0.1) is 0 Å². The van der Waals surface area contributed by atoms with Gasteiger partial charge in [-0.05, 0) is 23.8 Å². The molecule has 190 valence electrons.